The predicted octanol–water partition coefficient (Wildman–Crippen LogP) is 3.83. The van der Waals surface area contributed by atoms with Crippen molar-refractivity contribution in [1.29, 1.82) is 0 Å². The molecule has 0 radical (unpaired) electrons. The van der Waals surface area contributed by atoms with Crippen LogP contribution in [-0.2, 0) is 12.0 Å². The predicted molar refractivity (Wildman–Crippen MR) is 74.2 cm³/mol. The van der Waals surface area contributed by atoms with E-state index in [9.17, 15) is 0 Å². The number of hydrogen-bond donors (Lipinski definition) is 0. The Balaban J connectivity index is 1.99. The van der Waals surface area contributed by atoms with Gasteiger partial charge in [-0.1, -0.05) is 52.0 Å². The van der Waals surface area contributed by atoms with Crippen molar-refractivity contribution in [2.45, 2.75) is 46.1 Å². The third-order valence-electron chi connectivity index (χ3n) is 3.73. The van der Waals surface area contributed by atoms with Gasteiger partial charge in [0.1, 0.15) is 0 Å². The zero-order valence-electron chi connectivity index (χ0n) is 11.7. The average molecular weight is 231 g/mol. The zero-order chi connectivity index (χ0) is 12.5. The highest BCUT2D eigenvalue weighted by molar-refractivity contribution is 5.27. The molecule has 1 aliphatic heterocycles. The number of benzene rings is 1. The van der Waals surface area contributed by atoms with Crippen molar-refractivity contribution >= 4 is 0 Å². The topological polar surface area (TPSA) is 3.24 Å². The highest BCUT2D eigenvalue weighted by Gasteiger charge is 2.18. The van der Waals surface area contributed by atoms with Crippen molar-refractivity contribution in [3.63, 3.8) is 0 Å². The second kappa shape index (κ2) is 4.81. The van der Waals surface area contributed by atoms with E-state index in [1.54, 1.807) is 0 Å². The Morgan fingerprint density at radius 2 is 1.82 bits per heavy atom. The van der Waals surface area contributed by atoms with Crippen LogP contribution in [0.1, 0.15) is 45.2 Å². The van der Waals surface area contributed by atoms with Crippen LogP contribution in [0, 0.1) is 5.92 Å². The molecule has 1 fully saturated rings. The Hall–Kier alpha value is -0.820. The zero-order valence-corrected chi connectivity index (χ0v) is 11.7. The molecule has 2 rings (SSSR count). The van der Waals surface area contributed by atoms with Gasteiger partial charge in [-0.2, -0.15) is 0 Å². The quantitative estimate of drug-likeness (QED) is 0.748. The maximum atomic E-state index is 2.57. The van der Waals surface area contributed by atoms with Crippen LogP contribution in [0.2, 0.25) is 0 Å². The second-order valence-corrected chi connectivity index (χ2v) is 6.58. The Morgan fingerprint density at radius 3 is 2.29 bits per heavy atom. The Kier molecular flexibility index (Phi) is 3.58. The summed E-state index contributed by atoms with van der Waals surface area (Å²) in [5, 5.41) is 0. The molecule has 1 nitrogen and oxygen atoms in total. The first kappa shape index (κ1) is 12.6. The van der Waals surface area contributed by atoms with Gasteiger partial charge in [0.05, 0.1) is 0 Å². The maximum Gasteiger partial charge on any atom is 0.0233 e. The van der Waals surface area contributed by atoms with Crippen LogP contribution in [0.4, 0.5) is 0 Å². The Morgan fingerprint density at radius 1 is 1.18 bits per heavy atom. The van der Waals surface area contributed by atoms with Crippen molar-refractivity contribution in [3.8, 4) is 0 Å². The fourth-order valence-electron chi connectivity index (χ4n) is 2.54. The van der Waals surface area contributed by atoms with Crippen LogP contribution in [-0.4, -0.2) is 18.0 Å². The molecule has 0 amide bonds. The minimum absolute atomic E-state index is 0.265. The van der Waals surface area contributed by atoms with Crippen LogP contribution >= 0.6 is 0 Å². The molecular weight excluding hydrogens is 206 g/mol. The molecular formula is C16H25N. The Bertz CT molecular complexity index is 358. The van der Waals surface area contributed by atoms with Crippen LogP contribution < -0.4 is 0 Å². The molecule has 1 heteroatoms. The molecule has 0 spiro atoms. The van der Waals surface area contributed by atoms with E-state index in [4.69, 9.17) is 0 Å². The Labute approximate surface area is 106 Å². The van der Waals surface area contributed by atoms with E-state index in [1.165, 1.54) is 30.6 Å². The van der Waals surface area contributed by atoms with E-state index >= 15 is 0 Å². The van der Waals surface area contributed by atoms with E-state index in [0.717, 1.165) is 12.5 Å². The van der Waals surface area contributed by atoms with Crippen molar-refractivity contribution in [3.05, 3.63) is 35.4 Å². The van der Waals surface area contributed by atoms with Crippen molar-refractivity contribution in [1.82, 2.24) is 4.90 Å². The summed E-state index contributed by atoms with van der Waals surface area (Å²) in [4.78, 5) is 2.57. The van der Waals surface area contributed by atoms with Gasteiger partial charge in [0.25, 0.3) is 0 Å². The first-order chi connectivity index (χ1) is 7.95. The first-order valence-corrected chi connectivity index (χ1v) is 6.77. The van der Waals surface area contributed by atoms with Crippen LogP contribution in [0.5, 0.6) is 0 Å². The van der Waals surface area contributed by atoms with Gasteiger partial charge in [-0.25, -0.2) is 0 Å². The summed E-state index contributed by atoms with van der Waals surface area (Å²) in [5.41, 5.74) is 3.14. The smallest absolute Gasteiger partial charge is 0.0233 e. The molecule has 1 saturated heterocycles. The molecule has 1 aromatic carbocycles. The molecule has 1 heterocycles. The van der Waals surface area contributed by atoms with Crippen LogP contribution in [0.25, 0.3) is 0 Å². The highest BCUT2D eigenvalue weighted by atomic mass is 15.1. The molecule has 0 bridgehead atoms. The highest BCUT2D eigenvalue weighted by Crippen LogP contribution is 2.23. The van der Waals surface area contributed by atoms with Gasteiger partial charge >= 0.3 is 0 Å². The normalized spacial score (nSPS) is 22.0. The molecule has 1 aromatic rings. The minimum atomic E-state index is 0.265. The lowest BCUT2D eigenvalue weighted by atomic mass is 9.87. The lowest BCUT2D eigenvalue weighted by Gasteiger charge is -2.20. The molecule has 0 aliphatic carbocycles. The summed E-state index contributed by atoms with van der Waals surface area (Å²) in [7, 11) is 0. The summed E-state index contributed by atoms with van der Waals surface area (Å²) in [6.07, 6.45) is 1.36. The fourth-order valence-corrected chi connectivity index (χ4v) is 2.54. The van der Waals surface area contributed by atoms with E-state index in [2.05, 4.69) is 56.9 Å². The van der Waals surface area contributed by atoms with E-state index in [0.29, 0.717) is 0 Å². The van der Waals surface area contributed by atoms with Crippen LogP contribution in [0.3, 0.4) is 0 Å². The molecule has 0 saturated carbocycles. The number of likely N-dealkylation sites (tertiary alicyclic amines) is 1. The maximum absolute atomic E-state index is 2.57. The van der Waals surface area contributed by atoms with E-state index < -0.39 is 0 Å². The summed E-state index contributed by atoms with van der Waals surface area (Å²) in [6.45, 7) is 12.8. The molecule has 1 aliphatic rings. The van der Waals surface area contributed by atoms with Gasteiger partial charge in [0.2, 0.25) is 0 Å². The lowest BCUT2D eigenvalue weighted by molar-refractivity contribution is 0.320. The number of hydrogen-bond acceptors (Lipinski definition) is 1. The third-order valence-corrected chi connectivity index (χ3v) is 3.73. The minimum Gasteiger partial charge on any atom is -0.299 e. The lowest BCUT2D eigenvalue weighted by Crippen LogP contribution is -2.19. The summed E-state index contributed by atoms with van der Waals surface area (Å²) in [5.74, 6) is 0.879. The molecule has 94 valence electrons. The molecule has 1 unspecified atom stereocenters. The van der Waals surface area contributed by atoms with Crippen molar-refractivity contribution in [2.24, 2.45) is 5.92 Å². The molecule has 0 aromatic heterocycles. The van der Waals surface area contributed by atoms with Crippen molar-refractivity contribution in [2.75, 3.05) is 13.1 Å². The van der Waals surface area contributed by atoms with Gasteiger partial charge in [-0.3, -0.25) is 4.90 Å². The van der Waals surface area contributed by atoms with E-state index in [1.807, 2.05) is 0 Å². The molecule has 1 atom stereocenters. The standard InChI is InChI=1S/C16H25N/c1-13-9-10-17(11-13)12-14-5-7-15(8-6-14)16(2,3)4/h5-8,13H,9-12H2,1-4H3. The monoisotopic (exact) mass is 231 g/mol. The van der Waals surface area contributed by atoms with Gasteiger partial charge in [0, 0.05) is 13.1 Å². The fraction of sp³-hybridized carbons (Fsp3) is 0.625. The second-order valence-electron chi connectivity index (χ2n) is 6.58. The van der Waals surface area contributed by atoms with Gasteiger partial charge < -0.3 is 0 Å². The molecule has 17 heavy (non-hydrogen) atoms. The molecule has 0 N–H and O–H groups in total. The summed E-state index contributed by atoms with van der Waals surface area (Å²) < 4.78 is 0. The van der Waals surface area contributed by atoms with Gasteiger partial charge in [-0.05, 0) is 35.4 Å². The summed E-state index contributed by atoms with van der Waals surface area (Å²) in [6, 6.07) is 9.16. The van der Waals surface area contributed by atoms with Crippen molar-refractivity contribution < 1.29 is 0 Å². The first-order valence-electron chi connectivity index (χ1n) is 6.77. The summed E-state index contributed by atoms with van der Waals surface area (Å²) >= 11 is 0. The van der Waals surface area contributed by atoms with E-state index in [-0.39, 0.29) is 5.41 Å². The van der Waals surface area contributed by atoms with Gasteiger partial charge in [-0.15, -0.1) is 0 Å². The SMILES string of the molecule is CC1CCN(Cc2ccc(C(C)(C)C)cc2)C1. The number of nitrogens with zero attached hydrogens (tertiary/aromatic N) is 1. The number of rotatable bonds is 2. The van der Waals surface area contributed by atoms with Crippen LogP contribution in [0.15, 0.2) is 24.3 Å². The van der Waals surface area contributed by atoms with Gasteiger partial charge in [0.15, 0.2) is 0 Å². The average Bonchev–Trinajstić information content (AvgIpc) is 2.63. The third kappa shape index (κ3) is 3.32. The largest absolute Gasteiger partial charge is 0.299 e.